The molecule has 160 valence electrons. The van der Waals surface area contributed by atoms with Gasteiger partial charge in [0.1, 0.15) is 16.5 Å². The van der Waals surface area contributed by atoms with Crippen LogP contribution in [-0.2, 0) is 10.0 Å². The maximum atomic E-state index is 13.1. The normalized spacial score (nSPS) is 11.5. The molecular weight excluding hydrogens is 441 g/mol. The van der Waals surface area contributed by atoms with Gasteiger partial charge in [-0.25, -0.2) is 12.8 Å². The van der Waals surface area contributed by atoms with Crippen LogP contribution in [0.15, 0.2) is 57.9 Å². The number of hydrogen-bond acceptors (Lipinski definition) is 7. The zero-order valence-electron chi connectivity index (χ0n) is 16.8. The predicted octanol–water partition coefficient (Wildman–Crippen LogP) is 5.03. The highest BCUT2D eigenvalue weighted by Crippen LogP contribution is 2.35. The molecule has 0 radical (unpaired) electrons. The van der Waals surface area contributed by atoms with Crippen LogP contribution in [0.25, 0.3) is 22.2 Å². The van der Waals surface area contributed by atoms with Crippen molar-refractivity contribution < 1.29 is 22.1 Å². The Bertz CT molecular complexity index is 1350. The molecule has 0 aliphatic heterocycles. The number of sulfonamides is 1. The van der Waals surface area contributed by atoms with Crippen molar-refractivity contribution in [3.05, 3.63) is 64.8 Å². The largest absolute Gasteiger partial charge is 0.495 e. The first kappa shape index (κ1) is 21.0. The number of aryl methyl sites for hydroxylation is 2. The van der Waals surface area contributed by atoms with Crippen LogP contribution in [0.2, 0.25) is 0 Å². The summed E-state index contributed by atoms with van der Waals surface area (Å²) in [5.74, 6) is 0.521. The maximum Gasteiger partial charge on any atom is 0.268 e. The van der Waals surface area contributed by atoms with Gasteiger partial charge in [-0.3, -0.25) is 4.72 Å². The molecular formula is C21H18FN3O4S2. The third-order valence-electron chi connectivity index (χ3n) is 4.50. The number of benzene rings is 2. The number of aromatic nitrogens is 2. The van der Waals surface area contributed by atoms with E-state index in [1.165, 1.54) is 36.6 Å². The van der Waals surface area contributed by atoms with Crippen molar-refractivity contribution in [2.24, 2.45) is 0 Å². The molecule has 0 aliphatic rings. The van der Waals surface area contributed by atoms with Gasteiger partial charge in [-0.15, -0.1) is 11.3 Å². The van der Waals surface area contributed by atoms with Gasteiger partial charge in [0, 0.05) is 10.4 Å². The Kier molecular flexibility index (Phi) is 5.50. The molecule has 0 unspecified atom stereocenters. The van der Waals surface area contributed by atoms with Gasteiger partial charge in [0.2, 0.25) is 5.82 Å². The van der Waals surface area contributed by atoms with Crippen LogP contribution in [0.5, 0.6) is 5.75 Å². The molecule has 4 rings (SSSR count). The molecule has 1 N–H and O–H groups in total. The minimum Gasteiger partial charge on any atom is -0.495 e. The summed E-state index contributed by atoms with van der Waals surface area (Å²) in [6.07, 6.45) is 0. The monoisotopic (exact) mass is 459 g/mol. The number of ether oxygens (including phenoxy) is 1. The van der Waals surface area contributed by atoms with E-state index in [9.17, 15) is 12.8 Å². The van der Waals surface area contributed by atoms with Crippen molar-refractivity contribution in [3.8, 4) is 27.9 Å². The summed E-state index contributed by atoms with van der Waals surface area (Å²) in [5.41, 5.74) is 1.83. The van der Waals surface area contributed by atoms with Crippen LogP contribution in [0.1, 0.15) is 10.4 Å². The molecule has 7 nitrogen and oxygen atoms in total. The molecule has 0 saturated heterocycles. The van der Waals surface area contributed by atoms with Crippen LogP contribution in [0, 0.1) is 19.7 Å². The van der Waals surface area contributed by atoms with E-state index in [0.717, 1.165) is 5.56 Å². The molecule has 10 heteroatoms. The van der Waals surface area contributed by atoms with Crippen molar-refractivity contribution in [2.45, 2.75) is 18.7 Å². The van der Waals surface area contributed by atoms with Gasteiger partial charge >= 0.3 is 0 Å². The maximum absolute atomic E-state index is 13.1. The summed E-state index contributed by atoms with van der Waals surface area (Å²) >= 11 is 1.22. The fraction of sp³-hybridized carbons (Fsp3) is 0.143. The fourth-order valence-electron chi connectivity index (χ4n) is 2.98. The Labute approximate surface area is 182 Å². The average molecular weight is 460 g/mol. The molecule has 0 aliphatic carbocycles. The molecule has 2 heterocycles. The summed E-state index contributed by atoms with van der Waals surface area (Å²) in [6.45, 7) is 3.56. The fourth-order valence-corrected chi connectivity index (χ4v) is 5.55. The van der Waals surface area contributed by atoms with E-state index >= 15 is 0 Å². The van der Waals surface area contributed by atoms with Crippen molar-refractivity contribution in [2.75, 3.05) is 11.8 Å². The van der Waals surface area contributed by atoms with Crippen LogP contribution < -0.4 is 9.46 Å². The first-order valence-corrected chi connectivity index (χ1v) is 11.4. The van der Waals surface area contributed by atoms with Crippen LogP contribution >= 0.6 is 11.3 Å². The Balaban J connectivity index is 1.65. The summed E-state index contributed by atoms with van der Waals surface area (Å²) in [6, 6.07) is 12.4. The Morgan fingerprint density at radius 1 is 1.10 bits per heavy atom. The van der Waals surface area contributed by atoms with E-state index in [0.29, 0.717) is 26.8 Å². The smallest absolute Gasteiger partial charge is 0.268 e. The standard InChI is InChI=1S/C21H18FN3O4S2/c1-12-4-9-17(28-3)16(10-12)25-31(26,27)19-11-18(30-13(19)2)21-23-20(24-29-21)14-5-7-15(22)8-6-14/h4-11,25H,1-3H3. The molecule has 0 amide bonds. The molecule has 0 saturated carbocycles. The Morgan fingerprint density at radius 2 is 1.84 bits per heavy atom. The summed E-state index contributed by atoms with van der Waals surface area (Å²) in [5, 5.41) is 3.91. The highest BCUT2D eigenvalue weighted by molar-refractivity contribution is 7.93. The van der Waals surface area contributed by atoms with E-state index < -0.39 is 10.0 Å². The minimum absolute atomic E-state index is 0.109. The summed E-state index contributed by atoms with van der Waals surface area (Å²) in [4.78, 5) is 5.50. The van der Waals surface area contributed by atoms with Crippen molar-refractivity contribution >= 4 is 27.0 Å². The first-order valence-electron chi connectivity index (χ1n) is 9.15. The quantitative estimate of drug-likeness (QED) is 0.435. The first-order chi connectivity index (χ1) is 14.8. The molecule has 0 spiro atoms. The highest BCUT2D eigenvalue weighted by atomic mass is 32.2. The van der Waals surface area contributed by atoms with Gasteiger partial charge in [0.05, 0.1) is 17.7 Å². The number of nitrogens with one attached hydrogen (secondary N) is 1. The van der Waals surface area contributed by atoms with E-state index in [-0.39, 0.29) is 22.4 Å². The Morgan fingerprint density at radius 3 is 2.55 bits per heavy atom. The van der Waals surface area contributed by atoms with Crippen LogP contribution in [-0.4, -0.2) is 25.7 Å². The number of halogens is 1. The van der Waals surface area contributed by atoms with Crippen molar-refractivity contribution in [3.63, 3.8) is 0 Å². The second-order valence-electron chi connectivity index (χ2n) is 6.77. The number of methoxy groups -OCH3 is 1. The SMILES string of the molecule is COc1ccc(C)cc1NS(=O)(=O)c1cc(-c2nc(-c3ccc(F)cc3)no2)sc1C. The zero-order chi connectivity index (χ0) is 22.2. The lowest BCUT2D eigenvalue weighted by atomic mass is 10.2. The van der Waals surface area contributed by atoms with Gasteiger partial charge in [0.25, 0.3) is 15.9 Å². The molecule has 2 aromatic carbocycles. The third kappa shape index (κ3) is 4.30. The number of rotatable bonds is 6. The number of nitrogens with zero attached hydrogens (tertiary/aromatic N) is 2. The van der Waals surface area contributed by atoms with Crippen molar-refractivity contribution in [1.82, 2.24) is 10.1 Å². The van der Waals surface area contributed by atoms with E-state index in [1.807, 2.05) is 13.0 Å². The van der Waals surface area contributed by atoms with Gasteiger partial charge < -0.3 is 9.26 Å². The summed E-state index contributed by atoms with van der Waals surface area (Å²) < 4.78 is 52.4. The van der Waals surface area contributed by atoms with E-state index in [4.69, 9.17) is 9.26 Å². The van der Waals surface area contributed by atoms with E-state index in [2.05, 4.69) is 14.9 Å². The predicted molar refractivity (Wildman–Crippen MR) is 116 cm³/mol. The van der Waals surface area contributed by atoms with Crippen LogP contribution in [0.4, 0.5) is 10.1 Å². The third-order valence-corrected chi connectivity index (χ3v) is 7.16. The molecule has 0 atom stereocenters. The molecule has 0 bridgehead atoms. The zero-order valence-corrected chi connectivity index (χ0v) is 18.5. The van der Waals surface area contributed by atoms with Crippen LogP contribution in [0.3, 0.4) is 0 Å². The molecule has 2 aromatic heterocycles. The summed E-state index contributed by atoms with van der Waals surface area (Å²) in [7, 11) is -2.40. The molecule has 4 aromatic rings. The van der Waals surface area contributed by atoms with E-state index in [1.54, 1.807) is 31.2 Å². The van der Waals surface area contributed by atoms with Gasteiger partial charge in [-0.05, 0) is 61.9 Å². The molecule has 0 fully saturated rings. The second-order valence-corrected chi connectivity index (χ2v) is 9.68. The highest BCUT2D eigenvalue weighted by Gasteiger charge is 2.24. The second kappa shape index (κ2) is 8.12. The van der Waals surface area contributed by atoms with Crippen molar-refractivity contribution in [1.29, 1.82) is 0 Å². The number of anilines is 1. The van der Waals surface area contributed by atoms with Gasteiger partial charge in [-0.2, -0.15) is 4.98 Å². The average Bonchev–Trinajstić information content (AvgIpc) is 3.36. The lowest BCUT2D eigenvalue weighted by Crippen LogP contribution is -2.14. The number of hydrogen-bond donors (Lipinski definition) is 1. The molecule has 31 heavy (non-hydrogen) atoms. The Hall–Kier alpha value is -3.24. The lowest BCUT2D eigenvalue weighted by molar-refractivity contribution is 0.417. The topological polar surface area (TPSA) is 94.3 Å². The minimum atomic E-state index is -3.88. The lowest BCUT2D eigenvalue weighted by Gasteiger charge is -2.12. The van der Waals surface area contributed by atoms with Gasteiger partial charge in [-0.1, -0.05) is 11.2 Å². The number of thiophene rings is 1. The van der Waals surface area contributed by atoms with Gasteiger partial charge in [0.15, 0.2) is 0 Å².